The Morgan fingerprint density at radius 3 is 2.20 bits per heavy atom. The minimum Gasteiger partial charge on any atom is -0.480 e. The molecule has 6 N–H and O–H groups in total. The molecule has 0 radical (unpaired) electrons. The highest BCUT2D eigenvalue weighted by Crippen LogP contribution is 2.07. The number of carbonyl (C=O) groups excluding carboxylic acids is 4. The van der Waals surface area contributed by atoms with Crippen molar-refractivity contribution in [2.45, 2.75) is 70.7 Å². The summed E-state index contributed by atoms with van der Waals surface area (Å²) in [5, 5.41) is 16.5. The van der Waals surface area contributed by atoms with Crippen molar-refractivity contribution in [1.29, 1.82) is 0 Å². The van der Waals surface area contributed by atoms with Gasteiger partial charge in [-0.25, -0.2) is 14.4 Å². The maximum absolute atomic E-state index is 12.6. The standard InChI is InChI=1S/C23H34N4O8/c1-23(2,3)35-21(32)25-12-8-7-11-16(20(30)31)26-19(29)17(13-18(24)28)27-22(33)34-14-15-9-5-4-6-10-15/h4-6,9-10,16-17H,7-8,11-14H2,1-3H3,(H2,24,28)(H,25,32)(H,26,29)(H,27,33)(H,30,31)/t16-,17-/m0/s1. The molecule has 35 heavy (non-hydrogen) atoms. The Bertz CT molecular complexity index is 870. The van der Waals surface area contributed by atoms with Gasteiger partial charge in [-0.2, -0.15) is 0 Å². The first-order valence-corrected chi connectivity index (χ1v) is 11.1. The number of ether oxygens (including phenoxy) is 2. The van der Waals surface area contributed by atoms with Crippen LogP contribution in [0.1, 0.15) is 52.0 Å². The van der Waals surface area contributed by atoms with Gasteiger partial charge in [-0.1, -0.05) is 30.3 Å². The van der Waals surface area contributed by atoms with Gasteiger partial charge in [0.1, 0.15) is 24.3 Å². The number of alkyl carbamates (subject to hydrolysis) is 2. The van der Waals surface area contributed by atoms with E-state index in [0.29, 0.717) is 18.4 Å². The number of primary amides is 1. The molecule has 0 aliphatic carbocycles. The van der Waals surface area contributed by atoms with Crippen molar-refractivity contribution in [1.82, 2.24) is 16.0 Å². The summed E-state index contributed by atoms with van der Waals surface area (Å²) >= 11 is 0. The number of aliphatic carboxylic acids is 1. The zero-order chi connectivity index (χ0) is 26.4. The van der Waals surface area contributed by atoms with E-state index in [9.17, 15) is 29.1 Å². The Labute approximate surface area is 203 Å². The van der Waals surface area contributed by atoms with Crippen LogP contribution in [-0.2, 0) is 30.5 Å². The lowest BCUT2D eigenvalue weighted by Crippen LogP contribution is -2.52. The van der Waals surface area contributed by atoms with Gasteiger partial charge < -0.3 is 36.3 Å². The monoisotopic (exact) mass is 494 g/mol. The molecule has 0 fully saturated rings. The van der Waals surface area contributed by atoms with Crippen LogP contribution in [0.25, 0.3) is 0 Å². The van der Waals surface area contributed by atoms with E-state index in [1.807, 2.05) is 0 Å². The number of hydrogen-bond acceptors (Lipinski definition) is 7. The van der Waals surface area contributed by atoms with Gasteiger partial charge in [0.2, 0.25) is 11.8 Å². The van der Waals surface area contributed by atoms with E-state index in [0.717, 1.165) is 0 Å². The van der Waals surface area contributed by atoms with Gasteiger partial charge in [0.15, 0.2) is 0 Å². The molecule has 0 unspecified atom stereocenters. The molecule has 194 valence electrons. The fourth-order valence-electron chi connectivity index (χ4n) is 2.83. The number of hydrogen-bond donors (Lipinski definition) is 5. The Hall–Kier alpha value is -3.83. The average Bonchev–Trinajstić information content (AvgIpc) is 2.75. The normalized spacial score (nSPS) is 12.5. The van der Waals surface area contributed by atoms with Crippen molar-refractivity contribution in [3.63, 3.8) is 0 Å². The first kappa shape index (κ1) is 29.2. The van der Waals surface area contributed by atoms with Crippen LogP contribution in [0.5, 0.6) is 0 Å². The second kappa shape index (κ2) is 14.4. The van der Waals surface area contributed by atoms with Gasteiger partial charge in [0, 0.05) is 6.54 Å². The molecule has 4 amide bonds. The lowest BCUT2D eigenvalue weighted by atomic mass is 10.1. The Balaban J connectivity index is 2.55. The van der Waals surface area contributed by atoms with Crippen LogP contribution in [0.2, 0.25) is 0 Å². The van der Waals surface area contributed by atoms with Crippen molar-refractivity contribution in [2.75, 3.05) is 6.54 Å². The summed E-state index contributed by atoms with van der Waals surface area (Å²) < 4.78 is 10.1. The molecule has 1 aromatic carbocycles. The summed E-state index contributed by atoms with van der Waals surface area (Å²) in [7, 11) is 0. The van der Waals surface area contributed by atoms with Gasteiger partial charge in [0.25, 0.3) is 0 Å². The largest absolute Gasteiger partial charge is 0.480 e. The van der Waals surface area contributed by atoms with Crippen molar-refractivity contribution in [3.8, 4) is 0 Å². The van der Waals surface area contributed by atoms with E-state index in [4.69, 9.17) is 15.2 Å². The van der Waals surface area contributed by atoms with Crippen molar-refractivity contribution >= 4 is 30.0 Å². The Kier molecular flexibility index (Phi) is 12.0. The summed E-state index contributed by atoms with van der Waals surface area (Å²) in [5.41, 5.74) is 5.25. The molecular weight excluding hydrogens is 460 g/mol. The topological polar surface area (TPSA) is 186 Å². The van der Waals surface area contributed by atoms with E-state index < -0.39 is 54.1 Å². The molecular formula is C23H34N4O8. The van der Waals surface area contributed by atoms with Gasteiger partial charge in [-0.05, 0) is 45.6 Å². The number of rotatable bonds is 13. The maximum atomic E-state index is 12.6. The predicted molar refractivity (Wildman–Crippen MR) is 125 cm³/mol. The van der Waals surface area contributed by atoms with Gasteiger partial charge >= 0.3 is 18.2 Å². The van der Waals surface area contributed by atoms with E-state index in [1.54, 1.807) is 51.1 Å². The molecule has 2 atom stereocenters. The van der Waals surface area contributed by atoms with E-state index in [-0.39, 0.29) is 19.6 Å². The number of nitrogens with one attached hydrogen (secondary N) is 3. The van der Waals surface area contributed by atoms with Crippen LogP contribution in [0.3, 0.4) is 0 Å². The second-order valence-electron chi connectivity index (χ2n) is 8.75. The molecule has 1 aromatic rings. The zero-order valence-corrected chi connectivity index (χ0v) is 20.2. The number of amides is 4. The van der Waals surface area contributed by atoms with Crippen LogP contribution in [0, 0.1) is 0 Å². The summed E-state index contributed by atoms with van der Waals surface area (Å²) in [6.45, 7) is 5.39. The average molecular weight is 495 g/mol. The second-order valence-corrected chi connectivity index (χ2v) is 8.75. The molecule has 0 bridgehead atoms. The fraction of sp³-hybridized carbons (Fsp3) is 0.522. The summed E-state index contributed by atoms with van der Waals surface area (Å²) in [4.78, 5) is 59.3. The molecule has 0 aliphatic heterocycles. The predicted octanol–water partition coefficient (Wildman–Crippen LogP) is 1.42. The number of carbonyl (C=O) groups is 5. The van der Waals surface area contributed by atoms with E-state index >= 15 is 0 Å². The number of benzene rings is 1. The summed E-state index contributed by atoms with van der Waals surface area (Å²) in [6, 6.07) is 6.11. The Morgan fingerprint density at radius 2 is 1.63 bits per heavy atom. The van der Waals surface area contributed by atoms with E-state index in [1.165, 1.54) is 0 Å². The van der Waals surface area contributed by atoms with Crippen LogP contribution >= 0.6 is 0 Å². The van der Waals surface area contributed by atoms with Gasteiger partial charge in [-0.15, -0.1) is 0 Å². The molecule has 0 spiro atoms. The molecule has 0 aromatic heterocycles. The molecule has 0 aliphatic rings. The third-order valence-corrected chi connectivity index (χ3v) is 4.43. The highest BCUT2D eigenvalue weighted by atomic mass is 16.6. The molecule has 0 heterocycles. The molecule has 0 saturated carbocycles. The number of carboxylic acids is 1. The van der Waals surface area contributed by atoms with Crippen molar-refractivity contribution < 1.29 is 38.6 Å². The molecule has 12 nitrogen and oxygen atoms in total. The SMILES string of the molecule is CC(C)(C)OC(=O)NCCCC[C@H](NC(=O)[C@H](CC(N)=O)NC(=O)OCc1ccccc1)C(=O)O. The van der Waals surface area contributed by atoms with Crippen LogP contribution in [0.15, 0.2) is 30.3 Å². The van der Waals surface area contributed by atoms with Crippen LogP contribution < -0.4 is 21.7 Å². The Morgan fingerprint density at radius 1 is 0.971 bits per heavy atom. The maximum Gasteiger partial charge on any atom is 0.408 e. The van der Waals surface area contributed by atoms with Crippen molar-refractivity contribution in [3.05, 3.63) is 35.9 Å². The third kappa shape index (κ3) is 13.5. The molecule has 0 saturated heterocycles. The summed E-state index contributed by atoms with van der Waals surface area (Å²) in [5.74, 6) is -3.05. The minimum atomic E-state index is -1.41. The number of unbranched alkanes of at least 4 members (excludes halogenated alkanes) is 1. The quantitative estimate of drug-likeness (QED) is 0.255. The number of nitrogens with two attached hydrogens (primary N) is 1. The van der Waals surface area contributed by atoms with Crippen LogP contribution in [0.4, 0.5) is 9.59 Å². The van der Waals surface area contributed by atoms with Gasteiger partial charge in [0.05, 0.1) is 6.42 Å². The highest BCUT2D eigenvalue weighted by Gasteiger charge is 2.28. The first-order chi connectivity index (χ1) is 16.4. The van der Waals surface area contributed by atoms with Gasteiger partial charge in [-0.3, -0.25) is 9.59 Å². The summed E-state index contributed by atoms with van der Waals surface area (Å²) in [6.07, 6.45) is -1.24. The lowest BCUT2D eigenvalue weighted by Gasteiger charge is -2.21. The highest BCUT2D eigenvalue weighted by molar-refractivity contribution is 5.92. The first-order valence-electron chi connectivity index (χ1n) is 11.1. The lowest BCUT2D eigenvalue weighted by molar-refractivity contribution is -0.142. The smallest absolute Gasteiger partial charge is 0.408 e. The van der Waals surface area contributed by atoms with E-state index in [2.05, 4.69) is 16.0 Å². The van der Waals surface area contributed by atoms with Crippen molar-refractivity contribution in [2.24, 2.45) is 5.73 Å². The fourth-order valence-corrected chi connectivity index (χ4v) is 2.83. The third-order valence-electron chi connectivity index (χ3n) is 4.43. The minimum absolute atomic E-state index is 0.0544. The zero-order valence-electron chi connectivity index (χ0n) is 20.2. The van der Waals surface area contributed by atoms with Crippen LogP contribution in [-0.4, -0.2) is 59.3 Å². The molecule has 1 rings (SSSR count). The number of carboxylic acid groups (broad SMARTS) is 1. The molecule has 12 heteroatoms.